The Kier molecular flexibility index (Phi) is 4.74. The van der Waals surface area contributed by atoms with E-state index in [0.29, 0.717) is 11.4 Å². The Bertz CT molecular complexity index is 776. The Morgan fingerprint density at radius 2 is 1.87 bits per heavy atom. The lowest BCUT2D eigenvalue weighted by Gasteiger charge is -2.09. The maximum atomic E-state index is 12.5. The molecule has 0 fully saturated rings. The van der Waals surface area contributed by atoms with Gasteiger partial charge in [-0.2, -0.15) is 13.2 Å². The molecule has 8 heteroatoms. The second kappa shape index (κ2) is 6.41. The minimum absolute atomic E-state index is 0.0285. The summed E-state index contributed by atoms with van der Waals surface area (Å²) in [5.41, 5.74) is 2.56. The van der Waals surface area contributed by atoms with Gasteiger partial charge >= 0.3 is 5.51 Å². The standard InChI is InChI=1S/C15H13F3N2O2S/c1-9-5-6-11(8-13(9)19)20-14(21)10-3-2-4-12(7-10)23(22)15(16,17)18/h2-8H,19H2,1H3,(H,20,21). The van der Waals surface area contributed by atoms with Crippen LogP contribution < -0.4 is 11.1 Å². The van der Waals surface area contributed by atoms with Gasteiger partial charge in [0.2, 0.25) is 0 Å². The summed E-state index contributed by atoms with van der Waals surface area (Å²) in [5, 5.41) is 2.53. The van der Waals surface area contributed by atoms with Crippen LogP contribution in [0.3, 0.4) is 0 Å². The highest BCUT2D eigenvalue weighted by molar-refractivity contribution is 7.86. The van der Waals surface area contributed by atoms with E-state index in [1.165, 1.54) is 12.1 Å². The van der Waals surface area contributed by atoms with E-state index < -0.39 is 27.1 Å². The maximum Gasteiger partial charge on any atom is 0.475 e. The third kappa shape index (κ3) is 4.10. The molecule has 0 saturated carbocycles. The van der Waals surface area contributed by atoms with Crippen LogP contribution in [0.15, 0.2) is 47.4 Å². The number of nitrogen functional groups attached to an aromatic ring is 1. The highest BCUT2D eigenvalue weighted by Crippen LogP contribution is 2.27. The predicted octanol–water partition coefficient (Wildman–Crippen LogP) is 3.46. The fraction of sp³-hybridized carbons (Fsp3) is 0.133. The first kappa shape index (κ1) is 17.0. The highest BCUT2D eigenvalue weighted by Gasteiger charge is 2.38. The molecule has 0 aliphatic rings. The molecule has 0 aromatic heterocycles. The summed E-state index contributed by atoms with van der Waals surface area (Å²) in [6, 6.07) is 9.48. The number of alkyl halides is 3. The molecule has 0 aliphatic heterocycles. The predicted molar refractivity (Wildman–Crippen MR) is 82.5 cm³/mol. The van der Waals surface area contributed by atoms with Crippen molar-refractivity contribution in [2.75, 3.05) is 11.1 Å². The Balaban J connectivity index is 2.23. The molecular weight excluding hydrogens is 329 g/mol. The van der Waals surface area contributed by atoms with Gasteiger partial charge in [0, 0.05) is 21.8 Å². The van der Waals surface area contributed by atoms with E-state index in [4.69, 9.17) is 5.73 Å². The van der Waals surface area contributed by atoms with Crippen molar-refractivity contribution >= 4 is 28.1 Å². The van der Waals surface area contributed by atoms with Gasteiger partial charge < -0.3 is 11.1 Å². The number of nitrogens with two attached hydrogens (primary N) is 1. The highest BCUT2D eigenvalue weighted by atomic mass is 32.2. The number of aryl methyl sites for hydroxylation is 1. The van der Waals surface area contributed by atoms with Gasteiger partial charge in [-0.05, 0) is 42.8 Å². The molecular formula is C15H13F3N2O2S. The molecule has 0 radical (unpaired) electrons. The fourth-order valence-corrected chi connectivity index (χ4v) is 2.51. The van der Waals surface area contributed by atoms with E-state index in [1.807, 2.05) is 0 Å². The number of anilines is 2. The molecule has 0 spiro atoms. The van der Waals surface area contributed by atoms with Gasteiger partial charge in [0.25, 0.3) is 5.91 Å². The summed E-state index contributed by atoms with van der Waals surface area (Å²) in [7, 11) is -3.18. The summed E-state index contributed by atoms with van der Waals surface area (Å²) in [5.74, 6) is -0.616. The molecule has 122 valence electrons. The quantitative estimate of drug-likeness (QED) is 0.839. The SMILES string of the molecule is Cc1ccc(NC(=O)c2cccc(S(=O)C(F)(F)F)c2)cc1N. The van der Waals surface area contributed by atoms with E-state index in [2.05, 4.69) is 5.32 Å². The maximum absolute atomic E-state index is 12.5. The first-order chi connectivity index (χ1) is 10.7. The van der Waals surface area contributed by atoms with Crippen molar-refractivity contribution in [3.63, 3.8) is 0 Å². The number of rotatable bonds is 3. The lowest BCUT2D eigenvalue weighted by Crippen LogP contribution is -2.17. The molecule has 0 heterocycles. The van der Waals surface area contributed by atoms with Gasteiger partial charge in [0.15, 0.2) is 10.8 Å². The third-order valence-corrected chi connectivity index (χ3v) is 4.16. The van der Waals surface area contributed by atoms with Crippen LogP contribution in [-0.4, -0.2) is 15.6 Å². The van der Waals surface area contributed by atoms with Crippen LogP contribution in [0.4, 0.5) is 24.5 Å². The van der Waals surface area contributed by atoms with Crippen molar-refractivity contribution in [1.82, 2.24) is 0 Å². The molecule has 1 unspecified atom stereocenters. The molecule has 0 bridgehead atoms. The number of amides is 1. The van der Waals surface area contributed by atoms with E-state index in [9.17, 15) is 22.2 Å². The molecule has 1 atom stereocenters. The molecule has 4 nitrogen and oxygen atoms in total. The molecule has 2 aromatic carbocycles. The van der Waals surface area contributed by atoms with Gasteiger partial charge in [0.05, 0.1) is 0 Å². The molecule has 0 saturated heterocycles. The van der Waals surface area contributed by atoms with Gasteiger partial charge in [-0.15, -0.1) is 0 Å². The second-order valence-corrected chi connectivity index (χ2v) is 6.24. The molecule has 2 aromatic rings. The minimum Gasteiger partial charge on any atom is -0.398 e. The summed E-state index contributed by atoms with van der Waals surface area (Å²) in [6.07, 6.45) is 0. The number of carbonyl (C=O) groups is 1. The Morgan fingerprint density at radius 1 is 1.17 bits per heavy atom. The average molecular weight is 342 g/mol. The zero-order valence-electron chi connectivity index (χ0n) is 12.0. The normalized spacial score (nSPS) is 12.7. The van der Waals surface area contributed by atoms with E-state index in [-0.39, 0.29) is 5.56 Å². The second-order valence-electron chi connectivity index (χ2n) is 4.77. The summed E-state index contributed by atoms with van der Waals surface area (Å²) in [6.45, 7) is 1.80. The third-order valence-electron chi connectivity index (χ3n) is 3.06. The van der Waals surface area contributed by atoms with Crippen LogP contribution in [0.25, 0.3) is 0 Å². The van der Waals surface area contributed by atoms with Gasteiger partial charge in [-0.3, -0.25) is 4.79 Å². The summed E-state index contributed by atoms with van der Waals surface area (Å²) < 4.78 is 48.8. The topological polar surface area (TPSA) is 72.2 Å². The van der Waals surface area contributed by atoms with Crippen LogP contribution in [0.5, 0.6) is 0 Å². The van der Waals surface area contributed by atoms with Crippen molar-refractivity contribution < 1.29 is 22.2 Å². The largest absolute Gasteiger partial charge is 0.475 e. The molecule has 2 rings (SSSR count). The molecule has 23 heavy (non-hydrogen) atoms. The van der Waals surface area contributed by atoms with Gasteiger partial charge in [0.1, 0.15) is 0 Å². The number of hydrogen-bond acceptors (Lipinski definition) is 3. The molecule has 3 N–H and O–H groups in total. The van der Waals surface area contributed by atoms with E-state index in [1.54, 1.807) is 25.1 Å². The summed E-state index contributed by atoms with van der Waals surface area (Å²) in [4.78, 5) is 11.6. The summed E-state index contributed by atoms with van der Waals surface area (Å²) >= 11 is 0. The van der Waals surface area contributed by atoms with Gasteiger partial charge in [-0.1, -0.05) is 12.1 Å². The van der Waals surface area contributed by atoms with Crippen LogP contribution in [-0.2, 0) is 10.8 Å². The Labute approximate surface area is 133 Å². The Hall–Kier alpha value is -2.35. The first-order valence-electron chi connectivity index (χ1n) is 6.44. The Morgan fingerprint density at radius 3 is 2.48 bits per heavy atom. The molecule has 0 aliphatic carbocycles. The number of carbonyl (C=O) groups excluding carboxylic acids is 1. The van der Waals surface area contributed by atoms with E-state index in [0.717, 1.165) is 17.7 Å². The first-order valence-corrected chi connectivity index (χ1v) is 7.59. The number of benzene rings is 2. The average Bonchev–Trinajstić information content (AvgIpc) is 2.49. The van der Waals surface area contributed by atoms with Crippen molar-refractivity contribution in [1.29, 1.82) is 0 Å². The number of nitrogens with one attached hydrogen (secondary N) is 1. The van der Waals surface area contributed by atoms with Crippen LogP contribution >= 0.6 is 0 Å². The van der Waals surface area contributed by atoms with Crippen LogP contribution in [0, 0.1) is 6.92 Å². The van der Waals surface area contributed by atoms with Crippen molar-refractivity contribution in [2.45, 2.75) is 17.3 Å². The van der Waals surface area contributed by atoms with Crippen molar-refractivity contribution in [3.8, 4) is 0 Å². The van der Waals surface area contributed by atoms with Crippen LogP contribution in [0.1, 0.15) is 15.9 Å². The van der Waals surface area contributed by atoms with Gasteiger partial charge in [-0.25, -0.2) is 4.21 Å². The van der Waals surface area contributed by atoms with Crippen molar-refractivity contribution in [2.24, 2.45) is 0 Å². The fourth-order valence-electron chi connectivity index (χ4n) is 1.81. The minimum atomic E-state index is -4.87. The van der Waals surface area contributed by atoms with Crippen LogP contribution in [0.2, 0.25) is 0 Å². The lowest BCUT2D eigenvalue weighted by atomic mass is 10.1. The zero-order chi connectivity index (χ0) is 17.2. The van der Waals surface area contributed by atoms with Crippen molar-refractivity contribution in [3.05, 3.63) is 53.6 Å². The number of halogens is 3. The molecule has 1 amide bonds. The smallest absolute Gasteiger partial charge is 0.398 e. The lowest BCUT2D eigenvalue weighted by molar-refractivity contribution is -0.0384. The van der Waals surface area contributed by atoms with E-state index >= 15 is 0 Å². The zero-order valence-corrected chi connectivity index (χ0v) is 12.8. The number of hydrogen-bond donors (Lipinski definition) is 2. The monoisotopic (exact) mass is 342 g/mol.